The quantitative estimate of drug-likeness (QED) is 0.241. The van der Waals surface area contributed by atoms with E-state index in [1.54, 1.807) is 0 Å². The highest BCUT2D eigenvalue weighted by atomic mass is 35.5. The summed E-state index contributed by atoms with van der Waals surface area (Å²) in [6, 6.07) is 16.0. The predicted octanol–water partition coefficient (Wildman–Crippen LogP) is 6.81. The maximum Gasteiger partial charge on any atom is 0.223 e. The highest BCUT2D eigenvalue weighted by molar-refractivity contribution is 6.32. The van der Waals surface area contributed by atoms with Crippen molar-refractivity contribution in [3.05, 3.63) is 59.4 Å². The number of fused-ring (bicyclic) bond motifs is 1. The molecule has 0 radical (unpaired) electrons. The largest absolute Gasteiger partial charge is 0.492 e. The Morgan fingerprint density at radius 2 is 1.76 bits per heavy atom. The SMILES string of the molecule is CCC(CC)C(=O)NCCCCCc1nc2ccccc2n1CCCCOc1ccccc1Cl. The molecule has 0 bridgehead atoms. The van der Waals surface area contributed by atoms with E-state index in [4.69, 9.17) is 21.3 Å². The first kappa shape index (κ1) is 26.1. The number of nitrogens with zero attached hydrogens (tertiary/aromatic N) is 2. The Balaban J connectivity index is 1.45. The van der Waals surface area contributed by atoms with Gasteiger partial charge in [-0.15, -0.1) is 0 Å². The van der Waals surface area contributed by atoms with Crippen molar-refractivity contribution in [3.8, 4) is 5.75 Å². The van der Waals surface area contributed by atoms with Crippen LogP contribution < -0.4 is 10.1 Å². The number of aryl methyl sites for hydroxylation is 2. The Morgan fingerprint density at radius 3 is 2.56 bits per heavy atom. The number of rotatable bonds is 15. The van der Waals surface area contributed by atoms with Crippen LogP contribution in [0.5, 0.6) is 5.75 Å². The van der Waals surface area contributed by atoms with Crippen LogP contribution in [0.2, 0.25) is 5.02 Å². The van der Waals surface area contributed by atoms with Gasteiger partial charge in [0.15, 0.2) is 0 Å². The Morgan fingerprint density at radius 1 is 1.00 bits per heavy atom. The van der Waals surface area contributed by atoms with Gasteiger partial charge in [-0.2, -0.15) is 0 Å². The number of carbonyl (C=O) groups excluding carboxylic acids is 1. The second-order valence-corrected chi connectivity index (χ2v) is 9.18. The molecule has 0 unspecified atom stereocenters. The Labute approximate surface area is 208 Å². The number of ether oxygens (including phenoxy) is 1. The molecule has 3 rings (SSSR count). The molecule has 5 nitrogen and oxygen atoms in total. The lowest BCUT2D eigenvalue weighted by atomic mass is 10.0. The summed E-state index contributed by atoms with van der Waals surface area (Å²) in [6.07, 6.45) is 7.89. The number of aromatic nitrogens is 2. The number of imidazole rings is 1. The lowest BCUT2D eigenvalue weighted by Gasteiger charge is -2.12. The lowest BCUT2D eigenvalue weighted by Crippen LogP contribution is -2.30. The number of hydrogen-bond acceptors (Lipinski definition) is 3. The first-order valence-electron chi connectivity index (χ1n) is 12.7. The molecule has 2 aromatic carbocycles. The summed E-state index contributed by atoms with van der Waals surface area (Å²) < 4.78 is 8.20. The number of benzene rings is 2. The van der Waals surface area contributed by atoms with Crippen LogP contribution in [0.25, 0.3) is 11.0 Å². The van der Waals surface area contributed by atoms with E-state index in [-0.39, 0.29) is 11.8 Å². The number of amides is 1. The van der Waals surface area contributed by atoms with Gasteiger partial charge in [0.1, 0.15) is 11.6 Å². The average Bonchev–Trinajstić information content (AvgIpc) is 3.20. The minimum atomic E-state index is 0.148. The van der Waals surface area contributed by atoms with Gasteiger partial charge >= 0.3 is 0 Å². The molecule has 0 aliphatic heterocycles. The molecule has 0 fully saturated rings. The Bertz CT molecular complexity index is 1030. The number of carbonyl (C=O) groups is 1. The Hall–Kier alpha value is -2.53. The summed E-state index contributed by atoms with van der Waals surface area (Å²) in [5, 5.41) is 3.74. The van der Waals surface area contributed by atoms with Gasteiger partial charge in [0.2, 0.25) is 5.91 Å². The van der Waals surface area contributed by atoms with Crippen molar-refractivity contribution >= 4 is 28.5 Å². The first-order chi connectivity index (χ1) is 16.6. The number of unbranched alkanes of at least 4 members (excludes halogenated alkanes) is 3. The molecule has 184 valence electrons. The van der Waals surface area contributed by atoms with E-state index < -0.39 is 0 Å². The van der Waals surface area contributed by atoms with Crippen LogP contribution in [0.3, 0.4) is 0 Å². The molecule has 0 saturated heterocycles. The van der Waals surface area contributed by atoms with Gasteiger partial charge in [0.05, 0.1) is 22.7 Å². The molecular formula is C28H38ClN3O2. The highest BCUT2D eigenvalue weighted by Crippen LogP contribution is 2.23. The molecule has 6 heteroatoms. The third-order valence-electron chi connectivity index (χ3n) is 6.34. The fraction of sp³-hybridized carbons (Fsp3) is 0.500. The number of nitrogens with one attached hydrogen (secondary N) is 1. The zero-order valence-corrected chi connectivity index (χ0v) is 21.3. The monoisotopic (exact) mass is 483 g/mol. The van der Waals surface area contributed by atoms with Gasteiger partial charge in [-0.25, -0.2) is 4.98 Å². The van der Waals surface area contributed by atoms with Crippen molar-refractivity contribution in [2.24, 2.45) is 5.92 Å². The number of halogens is 1. The van der Waals surface area contributed by atoms with Gasteiger partial charge in [0, 0.05) is 25.4 Å². The fourth-order valence-corrected chi connectivity index (χ4v) is 4.47. The zero-order valence-electron chi connectivity index (χ0n) is 20.6. The summed E-state index contributed by atoms with van der Waals surface area (Å²) in [6.45, 7) is 6.48. The van der Waals surface area contributed by atoms with Gasteiger partial charge in [0.25, 0.3) is 0 Å². The zero-order chi connectivity index (χ0) is 24.2. The van der Waals surface area contributed by atoms with E-state index in [1.807, 2.05) is 30.3 Å². The van der Waals surface area contributed by atoms with Gasteiger partial charge in [-0.05, 0) is 62.8 Å². The van der Waals surface area contributed by atoms with E-state index in [1.165, 1.54) is 5.52 Å². The molecule has 34 heavy (non-hydrogen) atoms. The van der Waals surface area contributed by atoms with Crippen molar-refractivity contribution < 1.29 is 9.53 Å². The fourth-order valence-electron chi connectivity index (χ4n) is 4.28. The van der Waals surface area contributed by atoms with Crippen LogP contribution in [-0.4, -0.2) is 28.6 Å². The summed E-state index contributed by atoms with van der Waals surface area (Å²) in [7, 11) is 0. The van der Waals surface area contributed by atoms with Crippen molar-refractivity contribution in [1.29, 1.82) is 0 Å². The van der Waals surface area contributed by atoms with Crippen LogP contribution >= 0.6 is 11.6 Å². The summed E-state index contributed by atoms with van der Waals surface area (Å²) >= 11 is 6.17. The molecule has 1 amide bonds. The third-order valence-corrected chi connectivity index (χ3v) is 6.65. The molecular weight excluding hydrogens is 446 g/mol. The summed E-state index contributed by atoms with van der Waals surface area (Å²) in [4.78, 5) is 17.0. The highest BCUT2D eigenvalue weighted by Gasteiger charge is 2.13. The van der Waals surface area contributed by atoms with Crippen molar-refractivity contribution in [1.82, 2.24) is 14.9 Å². The van der Waals surface area contributed by atoms with Crippen LogP contribution in [0.1, 0.15) is 64.6 Å². The number of para-hydroxylation sites is 3. The molecule has 0 aliphatic rings. The lowest BCUT2D eigenvalue weighted by molar-refractivity contribution is -0.125. The molecule has 0 atom stereocenters. The average molecular weight is 484 g/mol. The van der Waals surface area contributed by atoms with E-state index in [9.17, 15) is 4.79 Å². The summed E-state index contributed by atoms with van der Waals surface area (Å²) in [5.74, 6) is 2.24. The van der Waals surface area contributed by atoms with Crippen LogP contribution in [-0.2, 0) is 17.8 Å². The molecule has 3 aromatic rings. The standard InChI is InChI=1S/C28H38ClN3O2/c1-3-22(4-2)28(33)30-19-11-5-6-18-27-31-24-15-8-9-16-25(24)32(27)20-12-13-21-34-26-17-10-7-14-23(26)29/h7-10,14-17,22H,3-6,11-13,18-21H2,1-2H3,(H,30,33). The predicted molar refractivity (Wildman–Crippen MR) is 141 cm³/mol. The van der Waals surface area contributed by atoms with Crippen molar-refractivity contribution in [2.45, 2.75) is 71.8 Å². The van der Waals surface area contributed by atoms with Crippen LogP contribution in [0, 0.1) is 5.92 Å². The van der Waals surface area contributed by atoms with E-state index >= 15 is 0 Å². The second-order valence-electron chi connectivity index (χ2n) is 8.77. The topological polar surface area (TPSA) is 56.2 Å². The third kappa shape index (κ3) is 7.49. The van der Waals surface area contributed by atoms with Crippen molar-refractivity contribution in [2.75, 3.05) is 13.2 Å². The van der Waals surface area contributed by atoms with Crippen LogP contribution in [0.4, 0.5) is 0 Å². The smallest absolute Gasteiger partial charge is 0.223 e. The molecule has 1 aromatic heterocycles. The van der Waals surface area contributed by atoms with Crippen LogP contribution in [0.15, 0.2) is 48.5 Å². The van der Waals surface area contributed by atoms with E-state index in [0.717, 1.165) is 81.5 Å². The minimum absolute atomic E-state index is 0.148. The van der Waals surface area contributed by atoms with E-state index in [2.05, 4.69) is 41.9 Å². The Kier molecular flexibility index (Phi) is 10.7. The second kappa shape index (κ2) is 14.0. The molecule has 1 N–H and O–H groups in total. The van der Waals surface area contributed by atoms with Gasteiger partial charge in [-0.1, -0.05) is 56.1 Å². The molecule has 0 aliphatic carbocycles. The maximum atomic E-state index is 12.1. The summed E-state index contributed by atoms with van der Waals surface area (Å²) in [5.41, 5.74) is 2.25. The number of hydrogen-bond donors (Lipinski definition) is 1. The minimum Gasteiger partial charge on any atom is -0.492 e. The van der Waals surface area contributed by atoms with Gasteiger partial charge < -0.3 is 14.6 Å². The van der Waals surface area contributed by atoms with Gasteiger partial charge in [-0.3, -0.25) is 4.79 Å². The molecule has 1 heterocycles. The first-order valence-corrected chi connectivity index (χ1v) is 13.1. The normalized spacial score (nSPS) is 11.3. The molecule has 0 spiro atoms. The maximum absolute atomic E-state index is 12.1. The van der Waals surface area contributed by atoms with E-state index in [0.29, 0.717) is 11.6 Å². The molecule has 0 saturated carbocycles. The van der Waals surface area contributed by atoms with Crippen molar-refractivity contribution in [3.63, 3.8) is 0 Å².